The number of hydrogen-bond donors (Lipinski definition) is 0. The summed E-state index contributed by atoms with van der Waals surface area (Å²) in [6.07, 6.45) is 25.8. The lowest BCUT2D eigenvalue weighted by molar-refractivity contribution is 1.28. The van der Waals surface area contributed by atoms with Crippen LogP contribution in [0.15, 0.2) is 84.1 Å². The van der Waals surface area contributed by atoms with Gasteiger partial charge in [-0.3, -0.25) is 0 Å². The molecule has 0 unspecified atom stereocenters. The lowest BCUT2D eigenvalue weighted by Gasteiger charge is -1.84. The zero-order chi connectivity index (χ0) is 14.3. The summed E-state index contributed by atoms with van der Waals surface area (Å²) < 4.78 is 0. The zero-order valence-electron chi connectivity index (χ0n) is 12.6. The van der Waals surface area contributed by atoms with Gasteiger partial charge in [0.05, 0.1) is 0 Å². The van der Waals surface area contributed by atoms with E-state index >= 15 is 0 Å². The average Bonchev–Trinajstić information content (AvgIpc) is 2.34. The molecule has 0 aliphatic carbocycles. The molecule has 0 fully saturated rings. The van der Waals surface area contributed by atoms with Gasteiger partial charge in [0.2, 0.25) is 0 Å². The van der Waals surface area contributed by atoms with E-state index in [1.807, 2.05) is 48.6 Å². The first-order valence-corrected chi connectivity index (χ1v) is 6.73. The molecule has 19 heavy (non-hydrogen) atoms. The number of rotatable bonds is 7. The number of allylic oxidation sites excluding steroid dienone is 14. The van der Waals surface area contributed by atoms with Gasteiger partial charge in [0.15, 0.2) is 0 Å². The Balaban J connectivity index is 3.85. The third kappa shape index (κ3) is 16.2. The molecule has 0 aromatic carbocycles. The molecular weight excluding hydrogens is 228 g/mol. The first kappa shape index (κ1) is 17.2. The van der Waals surface area contributed by atoms with Gasteiger partial charge in [-0.2, -0.15) is 0 Å². The van der Waals surface area contributed by atoms with Crippen molar-refractivity contribution in [2.24, 2.45) is 0 Å². The maximum absolute atomic E-state index is 2.21. The lowest BCUT2D eigenvalue weighted by Crippen LogP contribution is -1.62. The molecule has 0 rings (SSSR count). The Morgan fingerprint density at radius 1 is 0.579 bits per heavy atom. The fourth-order valence-electron chi connectivity index (χ4n) is 1.16. The molecule has 0 aliphatic rings. The minimum absolute atomic E-state index is 1.01. The van der Waals surface area contributed by atoms with Crippen molar-refractivity contribution in [2.45, 2.75) is 34.1 Å². The van der Waals surface area contributed by atoms with Crippen LogP contribution in [-0.4, -0.2) is 0 Å². The fraction of sp³-hybridized carbons (Fsp3) is 0.263. The Hall–Kier alpha value is -1.82. The highest BCUT2D eigenvalue weighted by Crippen LogP contribution is 1.94. The fourth-order valence-corrected chi connectivity index (χ4v) is 1.16. The van der Waals surface area contributed by atoms with E-state index in [1.165, 1.54) is 11.1 Å². The van der Waals surface area contributed by atoms with E-state index in [0.29, 0.717) is 0 Å². The normalized spacial score (nSPS) is 12.4. The maximum Gasteiger partial charge on any atom is -0.0164 e. The quantitative estimate of drug-likeness (QED) is 0.381. The van der Waals surface area contributed by atoms with Crippen LogP contribution in [0.2, 0.25) is 0 Å². The summed E-state index contributed by atoms with van der Waals surface area (Å²) in [4.78, 5) is 0. The number of hydrogen-bond acceptors (Lipinski definition) is 0. The SMILES string of the molecule is CC(C)=CC=CC=CC=CC=CC=CCC=C(C)C. The molecule has 0 nitrogen and oxygen atoms in total. The maximum atomic E-state index is 2.21. The van der Waals surface area contributed by atoms with Crippen LogP contribution < -0.4 is 0 Å². The molecule has 0 aliphatic heterocycles. The van der Waals surface area contributed by atoms with Crippen molar-refractivity contribution in [3.63, 3.8) is 0 Å². The summed E-state index contributed by atoms with van der Waals surface area (Å²) in [7, 11) is 0. The molecule has 0 aromatic rings. The Morgan fingerprint density at radius 2 is 1.05 bits per heavy atom. The van der Waals surface area contributed by atoms with Gasteiger partial charge in [0, 0.05) is 0 Å². The van der Waals surface area contributed by atoms with Crippen LogP contribution in [0.4, 0.5) is 0 Å². The molecule has 0 radical (unpaired) electrons. The van der Waals surface area contributed by atoms with E-state index < -0.39 is 0 Å². The second-order valence-electron chi connectivity index (χ2n) is 4.73. The van der Waals surface area contributed by atoms with Gasteiger partial charge >= 0.3 is 0 Å². The Morgan fingerprint density at radius 3 is 1.53 bits per heavy atom. The van der Waals surface area contributed by atoms with Gasteiger partial charge in [-0.25, -0.2) is 0 Å². The van der Waals surface area contributed by atoms with E-state index in [9.17, 15) is 0 Å². The van der Waals surface area contributed by atoms with Crippen LogP contribution in [0, 0.1) is 0 Å². The summed E-state index contributed by atoms with van der Waals surface area (Å²) >= 11 is 0. The Labute approximate surface area is 118 Å². The van der Waals surface area contributed by atoms with Gasteiger partial charge in [-0.05, 0) is 34.1 Å². The van der Waals surface area contributed by atoms with Crippen molar-refractivity contribution in [1.29, 1.82) is 0 Å². The molecule has 0 bridgehead atoms. The summed E-state index contributed by atoms with van der Waals surface area (Å²) in [6, 6.07) is 0. The van der Waals surface area contributed by atoms with E-state index in [4.69, 9.17) is 0 Å². The van der Waals surface area contributed by atoms with Gasteiger partial charge in [0.25, 0.3) is 0 Å². The van der Waals surface area contributed by atoms with Crippen LogP contribution in [0.1, 0.15) is 34.1 Å². The molecule has 0 N–H and O–H groups in total. The minimum atomic E-state index is 1.01. The van der Waals surface area contributed by atoms with Crippen LogP contribution in [0.5, 0.6) is 0 Å². The van der Waals surface area contributed by atoms with Crippen LogP contribution in [0.25, 0.3) is 0 Å². The molecule has 0 heterocycles. The minimum Gasteiger partial charge on any atom is -0.0821 e. The van der Waals surface area contributed by atoms with Gasteiger partial charge < -0.3 is 0 Å². The van der Waals surface area contributed by atoms with Gasteiger partial charge in [0.1, 0.15) is 0 Å². The van der Waals surface area contributed by atoms with Crippen molar-refractivity contribution in [3.8, 4) is 0 Å². The molecule has 0 atom stereocenters. The predicted octanol–water partition coefficient (Wildman–Crippen LogP) is 6.09. The molecule has 0 saturated heterocycles. The molecule has 0 saturated carbocycles. The lowest BCUT2D eigenvalue weighted by atomic mass is 10.2. The average molecular weight is 254 g/mol. The second-order valence-corrected chi connectivity index (χ2v) is 4.73. The highest BCUT2D eigenvalue weighted by molar-refractivity contribution is 5.20. The first-order valence-electron chi connectivity index (χ1n) is 6.73. The van der Waals surface area contributed by atoms with Crippen molar-refractivity contribution < 1.29 is 0 Å². The molecule has 102 valence electrons. The topological polar surface area (TPSA) is 0 Å². The monoisotopic (exact) mass is 254 g/mol. The van der Waals surface area contributed by atoms with E-state index in [0.717, 1.165) is 6.42 Å². The third-order valence-electron chi connectivity index (χ3n) is 2.12. The van der Waals surface area contributed by atoms with E-state index in [2.05, 4.69) is 52.0 Å². The van der Waals surface area contributed by atoms with Crippen LogP contribution in [0.3, 0.4) is 0 Å². The van der Waals surface area contributed by atoms with Gasteiger partial charge in [-0.15, -0.1) is 0 Å². The highest BCUT2D eigenvalue weighted by Gasteiger charge is 1.73. The molecule has 0 spiro atoms. The van der Waals surface area contributed by atoms with Crippen molar-refractivity contribution in [3.05, 3.63) is 84.1 Å². The van der Waals surface area contributed by atoms with Crippen LogP contribution in [-0.2, 0) is 0 Å². The van der Waals surface area contributed by atoms with Crippen molar-refractivity contribution >= 4 is 0 Å². The van der Waals surface area contributed by atoms with Crippen LogP contribution >= 0.6 is 0 Å². The van der Waals surface area contributed by atoms with E-state index in [1.54, 1.807) is 0 Å². The zero-order valence-corrected chi connectivity index (χ0v) is 12.6. The van der Waals surface area contributed by atoms with Crippen molar-refractivity contribution in [2.75, 3.05) is 0 Å². The molecule has 0 amide bonds. The predicted molar refractivity (Wildman–Crippen MR) is 89.2 cm³/mol. The van der Waals surface area contributed by atoms with E-state index in [-0.39, 0.29) is 0 Å². The first-order chi connectivity index (χ1) is 9.13. The Bertz CT molecular complexity index is 413. The summed E-state index contributed by atoms with van der Waals surface area (Å²) in [6.45, 7) is 8.41. The standard InChI is InChI=1S/C19H26/c1-18(2)16-14-12-10-8-6-5-7-9-11-13-15-17-19(3)4/h5-14,16-17H,15H2,1-4H3. The largest absolute Gasteiger partial charge is 0.0821 e. The summed E-state index contributed by atoms with van der Waals surface area (Å²) in [5, 5.41) is 0. The third-order valence-corrected chi connectivity index (χ3v) is 2.12. The molecule has 0 aromatic heterocycles. The molecule has 0 heteroatoms. The highest BCUT2D eigenvalue weighted by atomic mass is 13.8. The smallest absolute Gasteiger partial charge is 0.0164 e. The van der Waals surface area contributed by atoms with Gasteiger partial charge in [-0.1, -0.05) is 84.1 Å². The summed E-state index contributed by atoms with van der Waals surface area (Å²) in [5.41, 5.74) is 2.67. The second kappa shape index (κ2) is 12.6. The Kier molecular flexibility index (Phi) is 11.4. The molecular formula is C19H26. The van der Waals surface area contributed by atoms with Crippen molar-refractivity contribution in [1.82, 2.24) is 0 Å². The summed E-state index contributed by atoms with van der Waals surface area (Å²) in [5.74, 6) is 0.